The molecule has 0 spiro atoms. The Kier molecular flexibility index (Phi) is 5.27. The molecule has 1 aliphatic heterocycles. The summed E-state index contributed by atoms with van der Waals surface area (Å²) in [6.07, 6.45) is 5.70. The largest absolute Gasteiger partial charge is 0.354 e. The number of fused-ring (bicyclic) bond motifs is 1. The first kappa shape index (κ1) is 18.1. The molecule has 1 fully saturated rings. The average molecular weight is 377 g/mol. The number of hydrogen-bond donors (Lipinski definition) is 2. The van der Waals surface area contributed by atoms with Crippen LogP contribution in [0.5, 0.6) is 0 Å². The van der Waals surface area contributed by atoms with Crippen LogP contribution in [0.4, 0.5) is 17.5 Å². The van der Waals surface area contributed by atoms with Crippen molar-refractivity contribution in [3.8, 4) is 0 Å². The highest BCUT2D eigenvalue weighted by Gasteiger charge is 2.19. The van der Waals surface area contributed by atoms with Gasteiger partial charge >= 0.3 is 0 Å². The Hall–Kier alpha value is -3.29. The van der Waals surface area contributed by atoms with Crippen molar-refractivity contribution in [3.63, 3.8) is 0 Å². The van der Waals surface area contributed by atoms with E-state index in [1.165, 1.54) is 6.33 Å². The van der Waals surface area contributed by atoms with Crippen molar-refractivity contribution in [2.75, 3.05) is 30.3 Å². The molecular formula is C20H23N7O. The molecular weight excluding hydrogens is 354 g/mol. The number of carbonyl (C=O) groups is 1. The quantitative estimate of drug-likeness (QED) is 0.611. The summed E-state index contributed by atoms with van der Waals surface area (Å²) in [5.74, 6) is 1.43. The zero-order chi connectivity index (χ0) is 19.3. The summed E-state index contributed by atoms with van der Waals surface area (Å²) in [5, 5.41) is 6.54. The van der Waals surface area contributed by atoms with Crippen molar-refractivity contribution >= 4 is 34.4 Å². The summed E-state index contributed by atoms with van der Waals surface area (Å²) >= 11 is 0. The number of anilines is 3. The molecule has 3 heterocycles. The van der Waals surface area contributed by atoms with E-state index in [0.29, 0.717) is 35.8 Å². The van der Waals surface area contributed by atoms with E-state index in [1.807, 2.05) is 36.1 Å². The van der Waals surface area contributed by atoms with Crippen LogP contribution in [0.3, 0.4) is 0 Å². The van der Waals surface area contributed by atoms with E-state index in [0.717, 1.165) is 37.2 Å². The van der Waals surface area contributed by atoms with Gasteiger partial charge in [0.2, 0.25) is 11.9 Å². The van der Waals surface area contributed by atoms with Gasteiger partial charge in [-0.1, -0.05) is 12.1 Å². The van der Waals surface area contributed by atoms with E-state index in [2.05, 4.69) is 30.6 Å². The maximum atomic E-state index is 11.7. The topological polar surface area (TPSA) is 95.9 Å². The minimum atomic E-state index is 0.256. The molecule has 0 saturated carbocycles. The van der Waals surface area contributed by atoms with E-state index in [4.69, 9.17) is 0 Å². The lowest BCUT2D eigenvalue weighted by molar-refractivity contribution is -0.127. The summed E-state index contributed by atoms with van der Waals surface area (Å²) in [6, 6.07) is 8.08. The molecule has 0 unspecified atom stereocenters. The smallest absolute Gasteiger partial charge is 0.223 e. The molecule has 2 aromatic heterocycles. The normalized spacial score (nSPS) is 13.9. The lowest BCUT2D eigenvalue weighted by Crippen LogP contribution is -2.27. The molecule has 3 aromatic rings. The van der Waals surface area contributed by atoms with Crippen molar-refractivity contribution in [3.05, 3.63) is 42.4 Å². The number of likely N-dealkylation sites (tertiary alicyclic amines) is 1. The molecule has 1 amide bonds. The van der Waals surface area contributed by atoms with Crippen molar-refractivity contribution in [2.24, 2.45) is 0 Å². The van der Waals surface area contributed by atoms with Crippen LogP contribution in [0.15, 0.2) is 36.8 Å². The van der Waals surface area contributed by atoms with Crippen LogP contribution in [0.1, 0.15) is 24.8 Å². The van der Waals surface area contributed by atoms with Crippen molar-refractivity contribution in [1.82, 2.24) is 24.8 Å². The van der Waals surface area contributed by atoms with Gasteiger partial charge < -0.3 is 15.5 Å². The van der Waals surface area contributed by atoms with Gasteiger partial charge in [0.1, 0.15) is 17.4 Å². The van der Waals surface area contributed by atoms with Crippen LogP contribution in [0.2, 0.25) is 0 Å². The summed E-state index contributed by atoms with van der Waals surface area (Å²) in [4.78, 5) is 31.1. The Morgan fingerprint density at radius 1 is 1.21 bits per heavy atom. The zero-order valence-corrected chi connectivity index (χ0v) is 15.9. The third-order valence-electron chi connectivity index (χ3n) is 4.72. The number of benzene rings is 1. The highest BCUT2D eigenvalue weighted by molar-refractivity contribution is 5.87. The Morgan fingerprint density at radius 3 is 2.96 bits per heavy atom. The molecule has 2 N–H and O–H groups in total. The second-order valence-electron chi connectivity index (χ2n) is 6.91. The van der Waals surface area contributed by atoms with Crippen LogP contribution in [-0.2, 0) is 4.79 Å². The van der Waals surface area contributed by atoms with Gasteiger partial charge in [0.25, 0.3) is 0 Å². The Labute approximate surface area is 163 Å². The molecule has 8 heteroatoms. The summed E-state index contributed by atoms with van der Waals surface area (Å²) in [5.41, 5.74) is 3.45. The molecule has 0 radical (unpaired) electrons. The summed E-state index contributed by atoms with van der Waals surface area (Å²) < 4.78 is 0. The predicted octanol–water partition coefficient (Wildman–Crippen LogP) is 2.90. The highest BCUT2D eigenvalue weighted by Crippen LogP contribution is 2.22. The first-order valence-electron chi connectivity index (χ1n) is 9.52. The second-order valence-corrected chi connectivity index (χ2v) is 6.91. The lowest BCUT2D eigenvalue weighted by atomic mass is 10.2. The van der Waals surface area contributed by atoms with Crippen LogP contribution in [0, 0.1) is 6.92 Å². The minimum absolute atomic E-state index is 0.256. The second kappa shape index (κ2) is 8.16. The van der Waals surface area contributed by atoms with E-state index in [9.17, 15) is 4.79 Å². The lowest BCUT2D eigenvalue weighted by Gasteiger charge is -2.15. The Balaban J connectivity index is 1.44. The van der Waals surface area contributed by atoms with Gasteiger partial charge in [-0.2, -0.15) is 0 Å². The molecule has 0 atom stereocenters. The molecule has 1 aromatic carbocycles. The van der Waals surface area contributed by atoms with Gasteiger partial charge in [-0.25, -0.2) is 19.9 Å². The van der Waals surface area contributed by atoms with Crippen LogP contribution in [-0.4, -0.2) is 50.4 Å². The number of nitrogens with zero attached hydrogens (tertiary/aromatic N) is 5. The number of amides is 1. The maximum absolute atomic E-state index is 11.7. The molecule has 0 bridgehead atoms. The van der Waals surface area contributed by atoms with Gasteiger partial charge in [0.05, 0.1) is 6.20 Å². The number of aromatic nitrogens is 4. The summed E-state index contributed by atoms with van der Waals surface area (Å²) in [6.45, 7) is 4.38. The van der Waals surface area contributed by atoms with Crippen molar-refractivity contribution in [1.29, 1.82) is 0 Å². The third-order valence-corrected chi connectivity index (χ3v) is 4.72. The number of hydrogen-bond acceptors (Lipinski definition) is 7. The van der Waals surface area contributed by atoms with Gasteiger partial charge in [0.15, 0.2) is 5.82 Å². The van der Waals surface area contributed by atoms with Gasteiger partial charge in [-0.05, 0) is 37.5 Å². The van der Waals surface area contributed by atoms with Crippen molar-refractivity contribution in [2.45, 2.75) is 26.2 Å². The standard InChI is InChI=1S/C20H23N7O/c1-14-5-2-6-15(11-14)25-19-18-16(23-13-24-19)12-22-20(26-18)21-8-4-10-27-9-3-7-17(27)28/h2,5-6,11-13H,3-4,7-10H2,1H3,(H,21,22,26)(H,23,24,25). The molecule has 1 saturated heterocycles. The van der Waals surface area contributed by atoms with Crippen LogP contribution >= 0.6 is 0 Å². The predicted molar refractivity (Wildman–Crippen MR) is 109 cm³/mol. The molecule has 8 nitrogen and oxygen atoms in total. The van der Waals surface area contributed by atoms with Gasteiger partial charge in [-0.15, -0.1) is 0 Å². The monoisotopic (exact) mass is 377 g/mol. The van der Waals surface area contributed by atoms with Gasteiger partial charge in [-0.3, -0.25) is 4.79 Å². The van der Waals surface area contributed by atoms with E-state index in [1.54, 1.807) is 6.20 Å². The Bertz CT molecular complexity index is 991. The summed E-state index contributed by atoms with van der Waals surface area (Å²) in [7, 11) is 0. The number of aryl methyl sites for hydroxylation is 1. The van der Waals surface area contributed by atoms with E-state index >= 15 is 0 Å². The molecule has 1 aliphatic rings. The fourth-order valence-corrected chi connectivity index (χ4v) is 3.30. The molecule has 144 valence electrons. The molecule has 0 aliphatic carbocycles. The SMILES string of the molecule is Cc1cccc(Nc2ncnc3cnc(NCCCN4CCCC4=O)nc23)c1. The third kappa shape index (κ3) is 4.16. The first-order chi connectivity index (χ1) is 13.7. The molecule has 28 heavy (non-hydrogen) atoms. The van der Waals surface area contributed by atoms with E-state index < -0.39 is 0 Å². The molecule has 4 rings (SSSR count). The Morgan fingerprint density at radius 2 is 2.14 bits per heavy atom. The van der Waals surface area contributed by atoms with Gasteiger partial charge in [0, 0.05) is 31.7 Å². The fraction of sp³-hybridized carbons (Fsp3) is 0.350. The van der Waals surface area contributed by atoms with E-state index in [-0.39, 0.29) is 5.91 Å². The fourth-order valence-electron chi connectivity index (χ4n) is 3.30. The highest BCUT2D eigenvalue weighted by atomic mass is 16.2. The zero-order valence-electron chi connectivity index (χ0n) is 15.9. The number of nitrogens with one attached hydrogen (secondary N) is 2. The minimum Gasteiger partial charge on any atom is -0.354 e. The number of rotatable bonds is 7. The van der Waals surface area contributed by atoms with Crippen LogP contribution in [0.25, 0.3) is 11.0 Å². The number of carbonyl (C=O) groups excluding carboxylic acids is 1. The average Bonchev–Trinajstić information content (AvgIpc) is 3.10. The van der Waals surface area contributed by atoms with Crippen molar-refractivity contribution < 1.29 is 4.79 Å². The van der Waals surface area contributed by atoms with Crippen LogP contribution < -0.4 is 10.6 Å². The first-order valence-corrected chi connectivity index (χ1v) is 9.52. The maximum Gasteiger partial charge on any atom is 0.223 e.